The van der Waals surface area contributed by atoms with Crippen LogP contribution in [0.2, 0.25) is 0 Å². The van der Waals surface area contributed by atoms with Crippen LogP contribution in [0.3, 0.4) is 0 Å². The van der Waals surface area contributed by atoms with Gasteiger partial charge in [0.25, 0.3) is 0 Å². The van der Waals surface area contributed by atoms with Crippen LogP contribution in [0.1, 0.15) is 10.4 Å². The molecule has 0 bridgehead atoms. The predicted octanol–water partition coefficient (Wildman–Crippen LogP) is 0.940. The van der Waals surface area contributed by atoms with Crippen LogP contribution in [-0.4, -0.2) is 93.7 Å². The van der Waals surface area contributed by atoms with E-state index in [0.717, 1.165) is 22.1 Å². The molecule has 0 aliphatic carbocycles. The van der Waals surface area contributed by atoms with Crippen molar-refractivity contribution in [2.24, 2.45) is 0 Å². The van der Waals surface area contributed by atoms with E-state index in [1.165, 1.54) is 6.07 Å². The van der Waals surface area contributed by atoms with Crippen LogP contribution in [0.25, 0.3) is 0 Å². The fraction of sp³-hybridized carbons (Fsp3) is 0.588. The van der Waals surface area contributed by atoms with Crippen molar-refractivity contribution in [3.8, 4) is 5.75 Å². The molecule has 1 rings (SSSR count). The van der Waals surface area contributed by atoms with Crippen molar-refractivity contribution in [2.75, 3.05) is 68.6 Å². The minimum Gasteiger partial charge on any atom is -0.507 e. The highest BCUT2D eigenvalue weighted by molar-refractivity contribution is 5.92. The summed E-state index contributed by atoms with van der Waals surface area (Å²) in [6.45, 7) is 2.19. The number of likely N-dealkylation sites (N-methyl/N-ethyl adjacent to an activating group) is 2. The third-order valence-corrected chi connectivity index (χ3v) is 2.89. The number of nitrogens with zero attached hydrogens (tertiary/aromatic N) is 2. The SMILES string of the molecule is C[N+](C)(C)CCO.C[N+](C)(C)CCOC(=O)c1ccccc1O. The second-order valence-electron chi connectivity index (χ2n) is 7.40. The van der Waals surface area contributed by atoms with Gasteiger partial charge in [-0.05, 0) is 12.1 Å². The van der Waals surface area contributed by atoms with Gasteiger partial charge < -0.3 is 23.9 Å². The van der Waals surface area contributed by atoms with Crippen molar-refractivity contribution in [2.45, 2.75) is 0 Å². The lowest BCUT2D eigenvalue weighted by Crippen LogP contribution is -2.38. The number of hydrogen-bond donors (Lipinski definition) is 2. The molecular weight excluding hydrogens is 296 g/mol. The first-order chi connectivity index (χ1) is 10.5. The Labute approximate surface area is 139 Å². The van der Waals surface area contributed by atoms with E-state index in [0.29, 0.717) is 6.61 Å². The first-order valence-electron chi connectivity index (χ1n) is 7.63. The molecule has 0 aliphatic heterocycles. The normalized spacial score (nSPS) is 11.4. The molecular formula is C17H32N2O4+2. The van der Waals surface area contributed by atoms with E-state index in [9.17, 15) is 9.90 Å². The number of carbonyl (C=O) groups excluding carboxylic acids is 1. The van der Waals surface area contributed by atoms with Crippen molar-refractivity contribution >= 4 is 5.97 Å². The van der Waals surface area contributed by atoms with Crippen molar-refractivity contribution in [3.05, 3.63) is 29.8 Å². The quantitative estimate of drug-likeness (QED) is 0.602. The lowest BCUT2D eigenvalue weighted by atomic mass is 10.2. The van der Waals surface area contributed by atoms with E-state index < -0.39 is 5.97 Å². The molecule has 6 heteroatoms. The molecule has 0 saturated heterocycles. The number of aliphatic hydroxyl groups is 1. The molecule has 0 saturated carbocycles. The summed E-state index contributed by atoms with van der Waals surface area (Å²) in [5.41, 5.74) is 0.212. The molecule has 0 aromatic heterocycles. The van der Waals surface area contributed by atoms with Crippen LogP contribution in [-0.2, 0) is 4.74 Å². The lowest BCUT2D eigenvalue weighted by molar-refractivity contribution is -0.870. The fourth-order valence-corrected chi connectivity index (χ4v) is 1.44. The Morgan fingerprint density at radius 3 is 1.91 bits per heavy atom. The Balaban J connectivity index is 0.000000585. The van der Waals surface area contributed by atoms with Crippen LogP contribution < -0.4 is 0 Å². The van der Waals surface area contributed by atoms with Crippen molar-refractivity contribution in [3.63, 3.8) is 0 Å². The molecule has 0 spiro atoms. The molecule has 0 heterocycles. The number of rotatable bonds is 6. The summed E-state index contributed by atoms with van der Waals surface area (Å²) in [5.74, 6) is -0.524. The zero-order chi connectivity index (χ0) is 18.1. The first kappa shape index (κ1) is 21.4. The summed E-state index contributed by atoms with van der Waals surface area (Å²) in [5, 5.41) is 17.8. The molecule has 1 aromatic rings. The summed E-state index contributed by atoms with van der Waals surface area (Å²) >= 11 is 0. The Kier molecular flexibility index (Phi) is 8.82. The van der Waals surface area contributed by atoms with E-state index in [1.54, 1.807) is 18.2 Å². The van der Waals surface area contributed by atoms with Gasteiger partial charge in [0, 0.05) is 0 Å². The van der Waals surface area contributed by atoms with Crippen LogP contribution in [0, 0.1) is 0 Å². The molecule has 0 amide bonds. The topological polar surface area (TPSA) is 66.8 Å². The van der Waals surface area contributed by atoms with Gasteiger partial charge in [-0.2, -0.15) is 0 Å². The molecule has 0 unspecified atom stereocenters. The van der Waals surface area contributed by atoms with Gasteiger partial charge in [0.05, 0.1) is 48.9 Å². The molecule has 1 aromatic carbocycles. The Morgan fingerprint density at radius 1 is 1.00 bits per heavy atom. The van der Waals surface area contributed by atoms with Crippen molar-refractivity contribution in [1.82, 2.24) is 0 Å². The zero-order valence-corrected chi connectivity index (χ0v) is 15.2. The summed E-state index contributed by atoms with van der Waals surface area (Å²) < 4.78 is 6.64. The number of benzene rings is 1. The standard InChI is InChI=1S/C12H17NO3.C5H14NO/c1-13(2,3)8-9-16-12(15)10-6-4-5-7-11(10)14;1-6(2,3)4-5-7/h4-7H,8-9H2,1-3H3;7H,4-5H2,1-3H3/q;+1/p+1. The maximum atomic E-state index is 11.6. The first-order valence-corrected chi connectivity index (χ1v) is 7.63. The number of aliphatic hydroxyl groups excluding tert-OH is 1. The molecule has 132 valence electrons. The fourth-order valence-electron chi connectivity index (χ4n) is 1.44. The molecule has 2 N–H and O–H groups in total. The van der Waals surface area contributed by atoms with Gasteiger partial charge in [0.15, 0.2) is 0 Å². The summed E-state index contributed by atoms with van der Waals surface area (Å²) in [6, 6.07) is 6.37. The number of ether oxygens (including phenoxy) is 1. The highest BCUT2D eigenvalue weighted by Crippen LogP contribution is 2.16. The van der Waals surface area contributed by atoms with Gasteiger partial charge in [0.1, 0.15) is 31.0 Å². The minimum absolute atomic E-state index is 0.0438. The van der Waals surface area contributed by atoms with Crippen LogP contribution >= 0.6 is 0 Å². The van der Waals surface area contributed by atoms with E-state index in [2.05, 4.69) is 21.1 Å². The average molecular weight is 328 g/mol. The van der Waals surface area contributed by atoms with Crippen LogP contribution in [0.5, 0.6) is 5.75 Å². The number of aromatic hydroxyl groups is 1. The number of phenolic OH excluding ortho intramolecular Hbond substituents is 1. The maximum Gasteiger partial charge on any atom is 0.342 e. The van der Waals surface area contributed by atoms with Crippen molar-refractivity contribution in [1.29, 1.82) is 0 Å². The van der Waals surface area contributed by atoms with Crippen LogP contribution in [0.4, 0.5) is 0 Å². The van der Waals surface area contributed by atoms with Crippen molar-refractivity contribution < 1.29 is 28.7 Å². The summed E-state index contributed by atoms with van der Waals surface area (Å²) in [4.78, 5) is 11.6. The minimum atomic E-state index is -0.480. The van der Waals surface area contributed by atoms with Gasteiger partial charge in [-0.3, -0.25) is 0 Å². The molecule has 0 aliphatic rings. The highest BCUT2D eigenvalue weighted by Gasteiger charge is 2.13. The van der Waals surface area contributed by atoms with E-state index in [1.807, 2.05) is 21.1 Å². The smallest absolute Gasteiger partial charge is 0.342 e. The molecule has 23 heavy (non-hydrogen) atoms. The van der Waals surface area contributed by atoms with Gasteiger partial charge in [-0.1, -0.05) is 12.1 Å². The Bertz CT molecular complexity index is 476. The zero-order valence-electron chi connectivity index (χ0n) is 15.2. The molecule has 0 fully saturated rings. The van der Waals surface area contributed by atoms with Gasteiger partial charge in [-0.25, -0.2) is 4.79 Å². The second-order valence-corrected chi connectivity index (χ2v) is 7.40. The Morgan fingerprint density at radius 2 is 1.52 bits per heavy atom. The third kappa shape index (κ3) is 11.6. The number of hydrogen-bond acceptors (Lipinski definition) is 4. The van der Waals surface area contributed by atoms with Gasteiger partial charge >= 0.3 is 5.97 Å². The molecule has 0 radical (unpaired) electrons. The predicted molar refractivity (Wildman–Crippen MR) is 91.3 cm³/mol. The summed E-state index contributed by atoms with van der Waals surface area (Å²) in [6.07, 6.45) is 0. The number of carbonyl (C=O) groups is 1. The lowest BCUT2D eigenvalue weighted by Gasteiger charge is -2.23. The van der Waals surface area contributed by atoms with E-state index >= 15 is 0 Å². The second kappa shape index (κ2) is 9.50. The van der Waals surface area contributed by atoms with Gasteiger partial charge in [0.2, 0.25) is 0 Å². The third-order valence-electron chi connectivity index (χ3n) is 2.89. The number of quaternary nitrogens is 2. The Hall–Kier alpha value is -1.63. The number of esters is 1. The largest absolute Gasteiger partial charge is 0.507 e. The highest BCUT2D eigenvalue weighted by atomic mass is 16.5. The van der Waals surface area contributed by atoms with Gasteiger partial charge in [-0.15, -0.1) is 0 Å². The van der Waals surface area contributed by atoms with E-state index in [4.69, 9.17) is 9.84 Å². The maximum absolute atomic E-state index is 11.6. The average Bonchev–Trinajstić information content (AvgIpc) is 2.36. The number of phenols is 1. The number of para-hydroxylation sites is 1. The summed E-state index contributed by atoms with van der Waals surface area (Å²) in [7, 11) is 12.2. The monoisotopic (exact) mass is 328 g/mol. The molecule has 6 nitrogen and oxygen atoms in total. The van der Waals surface area contributed by atoms with Crippen LogP contribution in [0.15, 0.2) is 24.3 Å². The molecule has 0 atom stereocenters. The van der Waals surface area contributed by atoms with E-state index in [-0.39, 0.29) is 17.9 Å².